The Balaban J connectivity index is 1.40. The molecule has 31 heavy (non-hydrogen) atoms. The number of methoxy groups -OCH3 is 1. The third kappa shape index (κ3) is 6.21. The highest BCUT2D eigenvalue weighted by Gasteiger charge is 2.29. The lowest BCUT2D eigenvalue weighted by atomic mass is 9.96. The standard InChI is InChI=1S/C23H25ClN2O5/c1-30-20-5-3-2-4-18(20)14-25-21(27)15-31-23(29)17-10-12-26(13-11-17)22(28)16-6-8-19(24)9-7-16/h2-9,17H,10-15H2,1H3,(H,25,27). The second-order valence-corrected chi connectivity index (χ2v) is 7.71. The first kappa shape index (κ1) is 22.6. The van der Waals surface area contributed by atoms with Crippen LogP contribution in [0.3, 0.4) is 0 Å². The molecule has 0 unspecified atom stereocenters. The maximum atomic E-state index is 12.5. The Kier molecular flexibility index (Phi) is 7.89. The van der Waals surface area contributed by atoms with Gasteiger partial charge < -0.3 is 19.7 Å². The Morgan fingerprint density at radius 2 is 1.74 bits per heavy atom. The summed E-state index contributed by atoms with van der Waals surface area (Å²) in [5, 5.41) is 3.29. The van der Waals surface area contributed by atoms with Gasteiger partial charge in [-0.1, -0.05) is 29.8 Å². The van der Waals surface area contributed by atoms with Crippen LogP contribution in [0.2, 0.25) is 5.02 Å². The average molecular weight is 445 g/mol. The van der Waals surface area contributed by atoms with Gasteiger partial charge in [0.15, 0.2) is 6.61 Å². The summed E-state index contributed by atoms with van der Waals surface area (Å²) >= 11 is 5.86. The lowest BCUT2D eigenvalue weighted by Crippen LogP contribution is -2.41. The van der Waals surface area contributed by atoms with E-state index in [4.69, 9.17) is 21.1 Å². The van der Waals surface area contributed by atoms with E-state index in [-0.39, 0.29) is 30.9 Å². The zero-order valence-electron chi connectivity index (χ0n) is 17.3. The Morgan fingerprint density at radius 3 is 2.42 bits per heavy atom. The van der Waals surface area contributed by atoms with E-state index in [0.29, 0.717) is 42.3 Å². The quantitative estimate of drug-likeness (QED) is 0.663. The molecule has 8 heteroatoms. The van der Waals surface area contributed by atoms with Gasteiger partial charge in [-0.05, 0) is 43.2 Å². The van der Waals surface area contributed by atoms with Gasteiger partial charge in [-0.25, -0.2) is 0 Å². The van der Waals surface area contributed by atoms with E-state index < -0.39 is 5.97 Å². The topological polar surface area (TPSA) is 84.9 Å². The fourth-order valence-corrected chi connectivity index (χ4v) is 3.57. The van der Waals surface area contributed by atoms with Crippen LogP contribution in [0.5, 0.6) is 5.75 Å². The summed E-state index contributed by atoms with van der Waals surface area (Å²) in [6, 6.07) is 14.1. The number of halogens is 1. The van der Waals surface area contributed by atoms with E-state index in [2.05, 4.69) is 5.32 Å². The first-order valence-electron chi connectivity index (χ1n) is 10.1. The number of carbonyl (C=O) groups excluding carboxylic acids is 3. The van der Waals surface area contributed by atoms with Crippen LogP contribution in [0, 0.1) is 5.92 Å². The largest absolute Gasteiger partial charge is 0.496 e. The SMILES string of the molecule is COc1ccccc1CNC(=O)COC(=O)C1CCN(C(=O)c2ccc(Cl)cc2)CC1. The summed E-state index contributed by atoms with van der Waals surface area (Å²) in [6.45, 7) is 0.867. The summed E-state index contributed by atoms with van der Waals surface area (Å²) in [6.07, 6.45) is 1.00. The number of benzene rings is 2. The van der Waals surface area contributed by atoms with E-state index in [1.54, 1.807) is 36.3 Å². The number of nitrogens with one attached hydrogen (secondary N) is 1. The highest BCUT2D eigenvalue weighted by atomic mass is 35.5. The molecule has 0 spiro atoms. The van der Waals surface area contributed by atoms with Crippen molar-refractivity contribution in [3.63, 3.8) is 0 Å². The minimum atomic E-state index is -0.411. The number of rotatable bonds is 7. The van der Waals surface area contributed by atoms with Crippen molar-refractivity contribution in [3.05, 3.63) is 64.7 Å². The molecule has 0 aromatic heterocycles. The van der Waals surface area contributed by atoms with Crippen molar-refractivity contribution in [1.29, 1.82) is 0 Å². The van der Waals surface area contributed by atoms with Gasteiger partial charge >= 0.3 is 5.97 Å². The Morgan fingerprint density at radius 1 is 1.06 bits per heavy atom. The third-order valence-electron chi connectivity index (χ3n) is 5.22. The van der Waals surface area contributed by atoms with Gasteiger partial charge in [-0.3, -0.25) is 14.4 Å². The molecule has 0 atom stereocenters. The van der Waals surface area contributed by atoms with E-state index in [0.717, 1.165) is 5.56 Å². The van der Waals surface area contributed by atoms with Gasteiger partial charge in [0.05, 0.1) is 13.0 Å². The third-order valence-corrected chi connectivity index (χ3v) is 5.47. The minimum Gasteiger partial charge on any atom is -0.496 e. The van der Waals surface area contributed by atoms with Crippen molar-refractivity contribution in [2.24, 2.45) is 5.92 Å². The number of ether oxygens (including phenoxy) is 2. The van der Waals surface area contributed by atoms with Gasteiger partial charge in [0.25, 0.3) is 11.8 Å². The number of nitrogens with zero attached hydrogens (tertiary/aromatic N) is 1. The first-order valence-corrected chi connectivity index (χ1v) is 10.5. The monoisotopic (exact) mass is 444 g/mol. The normalized spacial score (nSPS) is 14.1. The number of para-hydroxylation sites is 1. The van der Waals surface area contributed by atoms with Crippen LogP contribution in [-0.2, 0) is 20.9 Å². The Hall–Kier alpha value is -3.06. The first-order chi connectivity index (χ1) is 15.0. The van der Waals surface area contributed by atoms with Crippen LogP contribution in [-0.4, -0.2) is 49.5 Å². The molecule has 2 aromatic rings. The van der Waals surface area contributed by atoms with Gasteiger partial charge in [-0.15, -0.1) is 0 Å². The number of esters is 1. The van der Waals surface area contributed by atoms with Gasteiger partial charge in [0.2, 0.25) is 0 Å². The second-order valence-electron chi connectivity index (χ2n) is 7.27. The van der Waals surface area contributed by atoms with E-state index >= 15 is 0 Å². The highest BCUT2D eigenvalue weighted by Crippen LogP contribution is 2.21. The summed E-state index contributed by atoms with van der Waals surface area (Å²) in [5.41, 5.74) is 1.40. The molecule has 0 radical (unpaired) electrons. The van der Waals surface area contributed by atoms with Crippen molar-refractivity contribution < 1.29 is 23.9 Å². The van der Waals surface area contributed by atoms with Crippen molar-refractivity contribution >= 4 is 29.4 Å². The van der Waals surface area contributed by atoms with Crippen LogP contribution < -0.4 is 10.1 Å². The van der Waals surface area contributed by atoms with Crippen LogP contribution in [0.1, 0.15) is 28.8 Å². The molecular weight excluding hydrogens is 420 g/mol. The lowest BCUT2D eigenvalue weighted by molar-refractivity contribution is -0.153. The van der Waals surface area contributed by atoms with E-state index in [1.165, 1.54) is 0 Å². The molecule has 1 fully saturated rings. The zero-order valence-corrected chi connectivity index (χ0v) is 18.1. The molecule has 0 bridgehead atoms. The number of carbonyl (C=O) groups is 3. The smallest absolute Gasteiger partial charge is 0.309 e. The molecule has 7 nitrogen and oxygen atoms in total. The summed E-state index contributed by atoms with van der Waals surface area (Å²) in [5.74, 6) is -0.518. The fourth-order valence-electron chi connectivity index (χ4n) is 3.44. The van der Waals surface area contributed by atoms with E-state index in [1.807, 2.05) is 24.3 Å². The average Bonchev–Trinajstić information content (AvgIpc) is 2.81. The molecule has 2 amide bonds. The van der Waals surface area contributed by atoms with Crippen molar-refractivity contribution in [2.45, 2.75) is 19.4 Å². The van der Waals surface area contributed by atoms with Gasteiger partial charge in [0.1, 0.15) is 5.75 Å². The molecule has 3 rings (SSSR count). The summed E-state index contributed by atoms with van der Waals surface area (Å²) in [4.78, 5) is 38.6. The Labute approximate surface area is 186 Å². The number of hydrogen-bond acceptors (Lipinski definition) is 5. The molecule has 0 aliphatic carbocycles. The highest BCUT2D eigenvalue weighted by molar-refractivity contribution is 6.30. The zero-order chi connectivity index (χ0) is 22.2. The summed E-state index contributed by atoms with van der Waals surface area (Å²) in [7, 11) is 1.57. The van der Waals surface area contributed by atoms with Crippen molar-refractivity contribution in [1.82, 2.24) is 10.2 Å². The number of likely N-dealkylation sites (tertiary alicyclic amines) is 1. The molecular formula is C23H25ClN2O5. The maximum Gasteiger partial charge on any atom is 0.309 e. The lowest BCUT2D eigenvalue weighted by Gasteiger charge is -2.31. The van der Waals surface area contributed by atoms with E-state index in [9.17, 15) is 14.4 Å². The van der Waals surface area contributed by atoms with Crippen LogP contribution in [0.15, 0.2) is 48.5 Å². The molecule has 1 saturated heterocycles. The fraction of sp³-hybridized carbons (Fsp3) is 0.348. The number of amides is 2. The predicted octanol–water partition coefficient (Wildman–Crippen LogP) is 3.06. The molecule has 1 N–H and O–H groups in total. The minimum absolute atomic E-state index is 0.0841. The predicted molar refractivity (Wildman–Crippen MR) is 116 cm³/mol. The number of piperidine rings is 1. The van der Waals surface area contributed by atoms with Gasteiger partial charge in [0, 0.05) is 35.8 Å². The van der Waals surface area contributed by atoms with Gasteiger partial charge in [-0.2, -0.15) is 0 Å². The molecule has 1 aliphatic heterocycles. The summed E-state index contributed by atoms with van der Waals surface area (Å²) < 4.78 is 10.4. The maximum absolute atomic E-state index is 12.5. The molecule has 1 heterocycles. The van der Waals surface area contributed by atoms with Crippen LogP contribution in [0.4, 0.5) is 0 Å². The van der Waals surface area contributed by atoms with Crippen molar-refractivity contribution in [2.75, 3.05) is 26.8 Å². The molecule has 164 valence electrons. The molecule has 2 aromatic carbocycles. The molecule has 1 aliphatic rings. The number of hydrogen-bond donors (Lipinski definition) is 1. The Bertz CT molecular complexity index is 924. The van der Waals surface area contributed by atoms with Crippen LogP contribution >= 0.6 is 11.6 Å². The van der Waals surface area contributed by atoms with Crippen molar-refractivity contribution in [3.8, 4) is 5.75 Å². The second kappa shape index (κ2) is 10.8. The molecule has 0 saturated carbocycles. The van der Waals surface area contributed by atoms with Crippen LogP contribution in [0.25, 0.3) is 0 Å².